The van der Waals surface area contributed by atoms with Crippen LogP contribution < -0.4 is 5.73 Å². The number of nitrogens with two attached hydrogens (primary N) is 1. The molecular weight excluding hydrogens is 264 g/mol. The van der Waals surface area contributed by atoms with Crippen molar-refractivity contribution in [2.75, 3.05) is 6.54 Å². The molecule has 2 atom stereocenters. The third-order valence-electron chi connectivity index (χ3n) is 2.82. The molecule has 0 heterocycles. The molecule has 1 rings (SSSR count). The molecule has 108 valence electrons. The highest BCUT2D eigenvalue weighted by Crippen LogP contribution is 2.07. The molecule has 0 aliphatic rings. The van der Waals surface area contributed by atoms with E-state index in [2.05, 4.69) is 0 Å². The third kappa shape index (κ3) is 6.05. The van der Waals surface area contributed by atoms with Gasteiger partial charge in [0.15, 0.2) is 0 Å². The average molecular weight is 287 g/mol. The number of rotatable bonds is 6. The molecule has 4 nitrogen and oxygen atoms in total. The highest BCUT2D eigenvalue weighted by atomic mass is 35.5. The summed E-state index contributed by atoms with van der Waals surface area (Å²) in [4.78, 5) is 13.6. The van der Waals surface area contributed by atoms with Gasteiger partial charge >= 0.3 is 0 Å². The van der Waals surface area contributed by atoms with Crippen molar-refractivity contribution in [2.45, 2.75) is 39.0 Å². The molecule has 0 radical (unpaired) electrons. The first-order valence-electron chi connectivity index (χ1n) is 6.31. The number of benzene rings is 1. The van der Waals surface area contributed by atoms with E-state index in [-0.39, 0.29) is 18.3 Å². The summed E-state index contributed by atoms with van der Waals surface area (Å²) >= 11 is 0. The molecule has 0 fully saturated rings. The number of nitrogens with zero attached hydrogens (tertiary/aromatic N) is 1. The van der Waals surface area contributed by atoms with Crippen LogP contribution >= 0.6 is 12.4 Å². The smallest absolute Gasteiger partial charge is 0.239 e. The molecule has 19 heavy (non-hydrogen) atoms. The van der Waals surface area contributed by atoms with Gasteiger partial charge in [0.05, 0.1) is 12.1 Å². The number of amides is 1. The number of hydrogen-bond acceptors (Lipinski definition) is 3. The van der Waals surface area contributed by atoms with Crippen LogP contribution in [0.4, 0.5) is 0 Å². The van der Waals surface area contributed by atoms with E-state index >= 15 is 0 Å². The number of halogens is 1. The van der Waals surface area contributed by atoms with Crippen molar-refractivity contribution in [3.63, 3.8) is 0 Å². The fraction of sp³-hybridized carbons (Fsp3) is 0.500. The lowest BCUT2D eigenvalue weighted by Crippen LogP contribution is -2.44. The van der Waals surface area contributed by atoms with E-state index in [1.165, 1.54) is 0 Å². The maximum atomic E-state index is 12.0. The number of aliphatic hydroxyl groups excluding tert-OH is 1. The van der Waals surface area contributed by atoms with Crippen LogP contribution in [0.3, 0.4) is 0 Å². The van der Waals surface area contributed by atoms with Crippen molar-refractivity contribution in [2.24, 2.45) is 5.73 Å². The molecule has 0 spiro atoms. The Kier molecular flexibility index (Phi) is 8.39. The van der Waals surface area contributed by atoms with E-state index in [4.69, 9.17) is 5.73 Å². The second kappa shape index (κ2) is 8.91. The van der Waals surface area contributed by atoms with Crippen LogP contribution in [0.2, 0.25) is 0 Å². The SMILES string of the molecule is CCC(O)CN(Cc1ccccc1)C(=O)C(C)N.Cl. The van der Waals surface area contributed by atoms with Crippen LogP contribution in [-0.2, 0) is 11.3 Å². The third-order valence-corrected chi connectivity index (χ3v) is 2.82. The summed E-state index contributed by atoms with van der Waals surface area (Å²) < 4.78 is 0. The van der Waals surface area contributed by atoms with Gasteiger partial charge in [-0.1, -0.05) is 37.3 Å². The molecule has 5 heteroatoms. The quantitative estimate of drug-likeness (QED) is 0.834. The predicted molar refractivity (Wildman–Crippen MR) is 79.1 cm³/mol. The summed E-state index contributed by atoms with van der Waals surface area (Å²) in [6.45, 7) is 4.37. The number of aliphatic hydroxyl groups is 1. The van der Waals surface area contributed by atoms with Crippen molar-refractivity contribution >= 4 is 18.3 Å². The van der Waals surface area contributed by atoms with Crippen molar-refractivity contribution in [3.05, 3.63) is 35.9 Å². The van der Waals surface area contributed by atoms with Gasteiger partial charge in [-0.05, 0) is 18.9 Å². The van der Waals surface area contributed by atoms with Gasteiger partial charge < -0.3 is 15.7 Å². The van der Waals surface area contributed by atoms with Crippen molar-refractivity contribution in [1.82, 2.24) is 4.90 Å². The van der Waals surface area contributed by atoms with E-state index in [1.807, 2.05) is 37.3 Å². The van der Waals surface area contributed by atoms with Crippen LogP contribution in [-0.4, -0.2) is 34.6 Å². The molecule has 1 aromatic rings. The van der Waals surface area contributed by atoms with Crippen LogP contribution in [0.5, 0.6) is 0 Å². The lowest BCUT2D eigenvalue weighted by Gasteiger charge is -2.26. The lowest BCUT2D eigenvalue weighted by atomic mass is 10.1. The first-order chi connectivity index (χ1) is 8.54. The van der Waals surface area contributed by atoms with Crippen molar-refractivity contribution in [3.8, 4) is 0 Å². The zero-order valence-corrected chi connectivity index (χ0v) is 12.3. The Morgan fingerprint density at radius 3 is 2.42 bits per heavy atom. The van der Waals surface area contributed by atoms with Crippen LogP contribution in [0.15, 0.2) is 30.3 Å². The fourth-order valence-corrected chi connectivity index (χ4v) is 1.71. The Bertz CT molecular complexity index is 371. The summed E-state index contributed by atoms with van der Waals surface area (Å²) in [6.07, 6.45) is 0.119. The Hall–Kier alpha value is -1.10. The van der Waals surface area contributed by atoms with E-state index in [9.17, 15) is 9.90 Å². The van der Waals surface area contributed by atoms with Gasteiger partial charge in [0.2, 0.25) is 5.91 Å². The zero-order chi connectivity index (χ0) is 13.5. The van der Waals surface area contributed by atoms with Gasteiger partial charge in [-0.15, -0.1) is 12.4 Å². The van der Waals surface area contributed by atoms with Gasteiger partial charge in [-0.2, -0.15) is 0 Å². The van der Waals surface area contributed by atoms with Gasteiger partial charge in [0.1, 0.15) is 0 Å². The van der Waals surface area contributed by atoms with E-state index < -0.39 is 12.1 Å². The minimum Gasteiger partial charge on any atom is -0.391 e. The summed E-state index contributed by atoms with van der Waals surface area (Å²) in [5, 5.41) is 9.70. The Balaban J connectivity index is 0.00000324. The molecule has 0 aliphatic carbocycles. The molecule has 1 amide bonds. The van der Waals surface area contributed by atoms with Gasteiger partial charge in [0.25, 0.3) is 0 Å². The predicted octanol–water partition coefficient (Wildman–Crippen LogP) is 1.56. The second-order valence-electron chi connectivity index (χ2n) is 4.56. The van der Waals surface area contributed by atoms with Crippen LogP contribution in [0.25, 0.3) is 0 Å². The number of hydrogen-bond donors (Lipinski definition) is 2. The van der Waals surface area contributed by atoms with Crippen LogP contribution in [0, 0.1) is 0 Å². The topological polar surface area (TPSA) is 66.6 Å². The summed E-state index contributed by atoms with van der Waals surface area (Å²) in [6, 6.07) is 9.17. The molecule has 0 aromatic heterocycles. The lowest BCUT2D eigenvalue weighted by molar-refractivity contribution is -0.134. The minimum atomic E-state index is -0.544. The first-order valence-corrected chi connectivity index (χ1v) is 6.31. The fourth-order valence-electron chi connectivity index (χ4n) is 1.71. The normalized spacial score (nSPS) is 13.3. The Morgan fingerprint density at radius 2 is 1.95 bits per heavy atom. The van der Waals surface area contributed by atoms with E-state index in [0.29, 0.717) is 19.5 Å². The first kappa shape index (κ1) is 17.9. The standard InChI is InChI=1S/C14H22N2O2.ClH/c1-3-13(17)10-16(14(18)11(2)15)9-12-7-5-4-6-8-12;/h4-8,11,13,17H,3,9-10,15H2,1-2H3;1H. The molecule has 0 aliphatic heterocycles. The highest BCUT2D eigenvalue weighted by molar-refractivity contribution is 5.85. The highest BCUT2D eigenvalue weighted by Gasteiger charge is 2.19. The molecule has 1 aromatic carbocycles. The van der Waals surface area contributed by atoms with Crippen molar-refractivity contribution in [1.29, 1.82) is 0 Å². The summed E-state index contributed by atoms with van der Waals surface area (Å²) in [5.74, 6) is -0.133. The monoisotopic (exact) mass is 286 g/mol. The largest absolute Gasteiger partial charge is 0.391 e. The maximum absolute atomic E-state index is 12.0. The van der Waals surface area contributed by atoms with Gasteiger partial charge in [0, 0.05) is 13.1 Å². The molecular formula is C14H23ClN2O2. The Labute approximate surface area is 121 Å². The van der Waals surface area contributed by atoms with Gasteiger partial charge in [-0.25, -0.2) is 0 Å². The molecule has 0 bridgehead atoms. The molecule has 2 unspecified atom stereocenters. The average Bonchev–Trinajstić information content (AvgIpc) is 2.38. The molecule has 3 N–H and O–H groups in total. The maximum Gasteiger partial charge on any atom is 0.239 e. The Morgan fingerprint density at radius 1 is 1.37 bits per heavy atom. The molecule has 0 saturated heterocycles. The molecule has 0 saturated carbocycles. The van der Waals surface area contributed by atoms with Gasteiger partial charge in [-0.3, -0.25) is 4.79 Å². The van der Waals surface area contributed by atoms with Crippen LogP contribution in [0.1, 0.15) is 25.8 Å². The zero-order valence-electron chi connectivity index (χ0n) is 11.5. The van der Waals surface area contributed by atoms with Crippen molar-refractivity contribution < 1.29 is 9.90 Å². The van der Waals surface area contributed by atoms with E-state index in [1.54, 1.807) is 11.8 Å². The minimum absolute atomic E-state index is 0. The summed E-state index contributed by atoms with van der Waals surface area (Å²) in [5.41, 5.74) is 6.67. The number of carbonyl (C=O) groups excluding carboxylic acids is 1. The van der Waals surface area contributed by atoms with E-state index in [0.717, 1.165) is 5.56 Å². The number of carbonyl (C=O) groups is 1. The second-order valence-corrected chi connectivity index (χ2v) is 4.56. The summed E-state index contributed by atoms with van der Waals surface area (Å²) in [7, 11) is 0.